The zero-order valence-corrected chi connectivity index (χ0v) is 23.4. The number of hydrogen-bond acceptors (Lipinski definition) is 8. The van der Waals surface area contributed by atoms with Gasteiger partial charge < -0.3 is 15.2 Å². The standard InChI is InChI=1S/C28H22ClF3N6O3S/c1-17-2-12-22(29)23(14-17)38-25(39)15-42-27(38)35-26(40)34-19-6-3-18(4-7-19)5-13-24-33-16-37(36-24)20-8-10-21(11-9-20)41-28(30,31)32/h2-14,16,26,34,40H,15H2,1H3/b13-5+,35-27-. The third-order valence-corrected chi connectivity index (χ3v) is 7.07. The minimum atomic E-state index is -4.76. The maximum Gasteiger partial charge on any atom is 0.573 e. The predicted molar refractivity (Wildman–Crippen MR) is 157 cm³/mol. The van der Waals surface area contributed by atoms with E-state index in [1.807, 2.05) is 25.1 Å². The highest BCUT2D eigenvalue weighted by Gasteiger charge is 2.32. The number of aliphatic hydroxyl groups is 1. The third kappa shape index (κ3) is 7.29. The molecule has 2 N–H and O–H groups in total. The van der Waals surface area contributed by atoms with Gasteiger partial charge in [0.25, 0.3) is 0 Å². The van der Waals surface area contributed by atoms with Crippen molar-refractivity contribution >= 4 is 58.0 Å². The van der Waals surface area contributed by atoms with Crippen molar-refractivity contribution in [2.24, 2.45) is 4.99 Å². The summed E-state index contributed by atoms with van der Waals surface area (Å²) in [6, 6.07) is 17.7. The molecule has 0 spiro atoms. The number of carbonyl (C=O) groups is 1. The number of thioether (sulfide) groups is 1. The van der Waals surface area contributed by atoms with Gasteiger partial charge in [-0.15, -0.1) is 18.3 Å². The van der Waals surface area contributed by atoms with Crippen LogP contribution in [0.4, 0.5) is 24.5 Å². The molecule has 1 amide bonds. The summed E-state index contributed by atoms with van der Waals surface area (Å²) >= 11 is 7.53. The van der Waals surface area contributed by atoms with Crippen molar-refractivity contribution in [1.82, 2.24) is 14.8 Å². The fourth-order valence-corrected chi connectivity index (χ4v) is 5.00. The van der Waals surface area contributed by atoms with Gasteiger partial charge in [0.1, 0.15) is 12.1 Å². The van der Waals surface area contributed by atoms with Crippen LogP contribution in [0.3, 0.4) is 0 Å². The van der Waals surface area contributed by atoms with Crippen LogP contribution in [0, 0.1) is 6.92 Å². The fourth-order valence-electron chi connectivity index (χ4n) is 3.91. The van der Waals surface area contributed by atoms with Gasteiger partial charge in [-0.05, 0) is 72.7 Å². The van der Waals surface area contributed by atoms with Crippen LogP contribution in [0.2, 0.25) is 5.02 Å². The minimum Gasteiger partial charge on any atom is -0.406 e. The Labute approximate surface area is 247 Å². The number of nitrogens with zero attached hydrogens (tertiary/aromatic N) is 5. The lowest BCUT2D eigenvalue weighted by molar-refractivity contribution is -0.274. The smallest absolute Gasteiger partial charge is 0.406 e. The summed E-state index contributed by atoms with van der Waals surface area (Å²) in [5, 5.41) is 18.5. The SMILES string of the molecule is Cc1ccc(Cl)c(N2C(=O)CS/C2=N\C(O)Nc2ccc(/C=C/c3ncn(-c4ccc(OC(F)(F)F)cc4)n3)cc2)c1. The van der Waals surface area contributed by atoms with E-state index in [-0.39, 0.29) is 17.4 Å². The van der Waals surface area contributed by atoms with E-state index in [0.717, 1.165) is 11.1 Å². The summed E-state index contributed by atoms with van der Waals surface area (Å²) in [5.41, 5.74) is 3.38. The Morgan fingerprint density at radius 3 is 2.57 bits per heavy atom. The number of aryl methyl sites for hydroxylation is 1. The zero-order valence-electron chi connectivity index (χ0n) is 21.8. The van der Waals surface area contributed by atoms with Gasteiger partial charge in [-0.3, -0.25) is 9.69 Å². The first-order valence-electron chi connectivity index (χ1n) is 12.3. The molecule has 0 aliphatic carbocycles. The van der Waals surface area contributed by atoms with Gasteiger partial charge in [0.05, 0.1) is 22.2 Å². The van der Waals surface area contributed by atoms with Crippen molar-refractivity contribution < 1.29 is 27.8 Å². The molecule has 1 aliphatic rings. The highest BCUT2D eigenvalue weighted by Crippen LogP contribution is 2.33. The van der Waals surface area contributed by atoms with Crippen LogP contribution < -0.4 is 15.0 Å². The molecule has 4 aromatic rings. The Hall–Kier alpha value is -4.33. The number of nitrogens with one attached hydrogen (secondary N) is 1. The van der Waals surface area contributed by atoms with Crippen molar-refractivity contribution in [2.75, 3.05) is 16.0 Å². The van der Waals surface area contributed by atoms with Gasteiger partial charge in [-0.1, -0.05) is 47.6 Å². The molecule has 42 heavy (non-hydrogen) atoms. The number of amidine groups is 1. The molecule has 0 radical (unpaired) electrons. The third-order valence-electron chi connectivity index (χ3n) is 5.82. The number of hydrogen-bond donors (Lipinski definition) is 2. The van der Waals surface area contributed by atoms with E-state index in [9.17, 15) is 23.1 Å². The Morgan fingerprint density at radius 1 is 1.12 bits per heavy atom. The predicted octanol–water partition coefficient (Wildman–Crippen LogP) is 6.12. The van der Waals surface area contributed by atoms with E-state index in [0.29, 0.717) is 33.1 Å². The van der Waals surface area contributed by atoms with Crippen molar-refractivity contribution in [3.8, 4) is 11.4 Å². The molecule has 1 fully saturated rings. The first kappa shape index (κ1) is 29.2. The summed E-state index contributed by atoms with van der Waals surface area (Å²) in [6.07, 6.45) is -1.16. The molecule has 1 aliphatic heterocycles. The van der Waals surface area contributed by atoms with Crippen LogP contribution in [-0.2, 0) is 4.79 Å². The van der Waals surface area contributed by atoms with E-state index in [4.69, 9.17) is 11.6 Å². The monoisotopic (exact) mass is 614 g/mol. The lowest BCUT2D eigenvalue weighted by Crippen LogP contribution is -2.31. The second-order valence-corrected chi connectivity index (χ2v) is 10.3. The van der Waals surface area contributed by atoms with E-state index in [1.54, 1.807) is 36.4 Å². The second-order valence-electron chi connectivity index (χ2n) is 8.95. The molecule has 3 aromatic carbocycles. The van der Waals surface area contributed by atoms with Crippen LogP contribution in [0.5, 0.6) is 5.75 Å². The van der Waals surface area contributed by atoms with Crippen molar-refractivity contribution in [3.05, 3.63) is 95.0 Å². The molecule has 1 unspecified atom stereocenters. The van der Waals surface area contributed by atoms with Crippen LogP contribution in [-0.4, -0.2) is 49.4 Å². The highest BCUT2D eigenvalue weighted by atomic mass is 35.5. The number of carbonyl (C=O) groups excluding carboxylic acids is 1. The van der Waals surface area contributed by atoms with Crippen LogP contribution in [0.1, 0.15) is 17.0 Å². The molecular formula is C28H22ClF3N6O3S. The molecular weight excluding hydrogens is 593 g/mol. The number of halogens is 4. The van der Waals surface area contributed by atoms with Crippen LogP contribution >= 0.6 is 23.4 Å². The Kier molecular flexibility index (Phi) is 8.52. The van der Waals surface area contributed by atoms with Gasteiger partial charge in [0.2, 0.25) is 12.3 Å². The number of ether oxygens (including phenoxy) is 1. The van der Waals surface area contributed by atoms with Gasteiger partial charge >= 0.3 is 6.36 Å². The maximum atomic E-state index is 12.5. The van der Waals surface area contributed by atoms with Crippen molar-refractivity contribution in [2.45, 2.75) is 19.6 Å². The largest absolute Gasteiger partial charge is 0.573 e. The molecule has 2 heterocycles. The van der Waals surface area contributed by atoms with Gasteiger partial charge in [0, 0.05) is 5.69 Å². The quantitative estimate of drug-likeness (QED) is 0.230. The number of rotatable bonds is 8. The molecule has 0 bridgehead atoms. The number of benzene rings is 3. The molecule has 0 saturated carbocycles. The Balaban J connectivity index is 1.20. The molecule has 1 saturated heterocycles. The average Bonchev–Trinajstić information content (AvgIpc) is 3.56. The van der Waals surface area contributed by atoms with Crippen LogP contribution in [0.25, 0.3) is 17.8 Å². The second kappa shape index (κ2) is 12.3. The highest BCUT2D eigenvalue weighted by molar-refractivity contribution is 8.15. The van der Waals surface area contributed by atoms with E-state index in [2.05, 4.69) is 25.1 Å². The summed E-state index contributed by atoms with van der Waals surface area (Å²) < 4.78 is 42.4. The van der Waals surface area contributed by atoms with E-state index in [1.165, 1.54) is 51.9 Å². The number of anilines is 2. The van der Waals surface area contributed by atoms with Gasteiger partial charge in [-0.2, -0.15) is 0 Å². The number of aliphatic hydroxyl groups excluding tert-OH is 1. The van der Waals surface area contributed by atoms with Gasteiger partial charge in [0.15, 0.2) is 11.0 Å². The minimum absolute atomic E-state index is 0.178. The number of aliphatic imine (C=N–C) groups is 1. The molecule has 1 aromatic heterocycles. The summed E-state index contributed by atoms with van der Waals surface area (Å²) in [7, 11) is 0. The topological polar surface area (TPSA) is 105 Å². The maximum absolute atomic E-state index is 12.5. The summed E-state index contributed by atoms with van der Waals surface area (Å²) in [4.78, 5) is 22.4. The van der Waals surface area contributed by atoms with E-state index >= 15 is 0 Å². The Morgan fingerprint density at radius 2 is 1.86 bits per heavy atom. The Bertz CT molecular complexity index is 1640. The molecule has 14 heteroatoms. The average molecular weight is 615 g/mol. The lowest BCUT2D eigenvalue weighted by Gasteiger charge is -2.19. The lowest BCUT2D eigenvalue weighted by atomic mass is 10.2. The fraction of sp³-hybridized carbons (Fsp3) is 0.143. The molecule has 9 nitrogen and oxygen atoms in total. The number of aromatic nitrogens is 3. The molecule has 5 rings (SSSR count). The molecule has 216 valence electrons. The first-order chi connectivity index (χ1) is 20.0. The van der Waals surface area contributed by atoms with Crippen LogP contribution in [0.15, 0.2) is 78.0 Å². The zero-order chi connectivity index (χ0) is 29.9. The normalized spacial score (nSPS) is 15.5. The van der Waals surface area contributed by atoms with Crippen molar-refractivity contribution in [1.29, 1.82) is 0 Å². The first-order valence-corrected chi connectivity index (χ1v) is 13.7. The summed E-state index contributed by atoms with van der Waals surface area (Å²) in [5.74, 6) is 0.0713. The number of alkyl halides is 3. The van der Waals surface area contributed by atoms with Crippen molar-refractivity contribution in [3.63, 3.8) is 0 Å². The number of amides is 1. The van der Waals surface area contributed by atoms with E-state index < -0.39 is 12.7 Å². The summed E-state index contributed by atoms with van der Waals surface area (Å²) in [6.45, 7) is 1.89. The van der Waals surface area contributed by atoms with Gasteiger partial charge in [-0.25, -0.2) is 14.7 Å². The molecule has 1 atom stereocenters.